The largest absolute Gasteiger partial charge is 0.356 e. The van der Waals surface area contributed by atoms with Crippen molar-refractivity contribution in [2.24, 2.45) is 0 Å². The first kappa shape index (κ1) is 29.9. The quantitative estimate of drug-likeness (QED) is 0.107. The molecule has 0 unspecified atom stereocenters. The molecule has 6 aromatic carbocycles. The van der Waals surface area contributed by atoms with Crippen LogP contribution in [0.25, 0.3) is 0 Å². The molecule has 0 aliphatic heterocycles. The van der Waals surface area contributed by atoms with Crippen LogP contribution in [0.2, 0.25) is 0 Å². The van der Waals surface area contributed by atoms with Gasteiger partial charge in [0.2, 0.25) is 16.1 Å². The summed E-state index contributed by atoms with van der Waals surface area (Å²) in [5.41, 5.74) is 7.58. The lowest BCUT2D eigenvalue weighted by Gasteiger charge is -2.28. The van der Waals surface area contributed by atoms with Gasteiger partial charge in [0.25, 0.3) is 0 Å². The Morgan fingerprint density at radius 1 is 0.311 bits per heavy atom. The van der Waals surface area contributed by atoms with E-state index in [4.69, 9.17) is 4.74 Å². The molecule has 0 saturated heterocycles. The maximum absolute atomic E-state index is 6.14. The summed E-state index contributed by atoms with van der Waals surface area (Å²) in [5.74, 6) is 6.90. The zero-order valence-corrected chi connectivity index (χ0v) is 27.1. The van der Waals surface area contributed by atoms with E-state index >= 15 is 0 Å². The minimum Gasteiger partial charge on any atom is -0.356 e. The van der Waals surface area contributed by atoms with E-state index in [9.17, 15) is 0 Å². The van der Waals surface area contributed by atoms with Crippen LogP contribution in [0.4, 0.5) is 0 Å². The molecule has 0 heterocycles. The Morgan fingerprint density at radius 3 is 0.711 bits per heavy atom. The van der Waals surface area contributed by atoms with Gasteiger partial charge in [0.05, 0.1) is 0 Å². The topological polar surface area (TPSA) is 9.23 Å². The van der Waals surface area contributed by atoms with Gasteiger partial charge in [-0.05, 0) is 31.1 Å². The molecule has 6 aromatic rings. The highest BCUT2D eigenvalue weighted by Crippen LogP contribution is 2.09. The molecule has 0 aliphatic rings. The normalized spacial score (nSPS) is 11.0. The van der Waals surface area contributed by atoms with E-state index in [0.717, 1.165) is 0 Å². The molecule has 0 saturated carbocycles. The van der Waals surface area contributed by atoms with Crippen LogP contribution >= 0.6 is 0 Å². The second-order valence-electron chi connectivity index (χ2n) is 10.8. The monoisotopic (exact) mass is 610 g/mol. The van der Waals surface area contributed by atoms with Gasteiger partial charge in [-0.2, -0.15) is 0 Å². The van der Waals surface area contributed by atoms with Crippen molar-refractivity contribution < 1.29 is 4.74 Å². The second-order valence-corrected chi connectivity index (χ2v) is 17.8. The maximum Gasteiger partial charge on any atom is 0.229 e. The Balaban J connectivity index is 1.33. The SMILES string of the molecule is C(#C[Si](c1ccccc1)(c1ccccc1)c1ccccc1)COCC#C[Si](c1ccccc1)(c1ccccc1)c1ccccc1. The average Bonchev–Trinajstić information content (AvgIpc) is 3.13. The maximum atomic E-state index is 6.14. The molecule has 216 valence electrons. The van der Waals surface area contributed by atoms with Crippen molar-refractivity contribution in [3.63, 3.8) is 0 Å². The molecule has 0 N–H and O–H groups in total. The molecule has 0 spiro atoms. The zero-order chi connectivity index (χ0) is 30.6. The minimum absolute atomic E-state index is 0.312. The Labute approximate surface area is 269 Å². The molecular weight excluding hydrogens is 577 g/mol. The molecule has 1 nitrogen and oxygen atoms in total. The summed E-state index contributed by atoms with van der Waals surface area (Å²) >= 11 is 0. The molecule has 0 radical (unpaired) electrons. The molecule has 0 aromatic heterocycles. The van der Waals surface area contributed by atoms with Crippen LogP contribution in [0.5, 0.6) is 0 Å². The zero-order valence-electron chi connectivity index (χ0n) is 25.1. The van der Waals surface area contributed by atoms with Crippen molar-refractivity contribution in [3.05, 3.63) is 182 Å². The van der Waals surface area contributed by atoms with E-state index in [-0.39, 0.29) is 0 Å². The summed E-state index contributed by atoms with van der Waals surface area (Å²) in [4.78, 5) is 0. The summed E-state index contributed by atoms with van der Waals surface area (Å²) in [6.07, 6.45) is 0. The molecule has 0 fully saturated rings. The Hall–Kier alpha value is -5.17. The third-order valence-corrected chi connectivity index (χ3v) is 16.4. The first-order chi connectivity index (χ1) is 22.3. The van der Waals surface area contributed by atoms with Crippen molar-refractivity contribution in [3.8, 4) is 22.9 Å². The van der Waals surface area contributed by atoms with Gasteiger partial charge in [-0.3, -0.25) is 0 Å². The number of hydrogen-bond donors (Lipinski definition) is 0. The van der Waals surface area contributed by atoms with E-state index in [2.05, 4.69) is 205 Å². The summed E-state index contributed by atoms with van der Waals surface area (Å²) in [6, 6.07) is 64.3. The fraction of sp³-hybridized carbons (Fsp3) is 0.0476. The van der Waals surface area contributed by atoms with Crippen LogP contribution in [0, 0.1) is 22.9 Å². The highest BCUT2D eigenvalue weighted by Gasteiger charge is 2.39. The van der Waals surface area contributed by atoms with E-state index in [1.54, 1.807) is 0 Å². The highest BCUT2D eigenvalue weighted by molar-refractivity contribution is 7.17. The highest BCUT2D eigenvalue weighted by atomic mass is 28.3. The molecule has 0 atom stereocenters. The third kappa shape index (κ3) is 6.39. The Kier molecular flexibility index (Phi) is 9.66. The smallest absolute Gasteiger partial charge is 0.229 e. The molecular formula is C42H34OSi2. The number of rotatable bonds is 8. The van der Waals surface area contributed by atoms with Crippen LogP contribution in [0.15, 0.2) is 182 Å². The van der Waals surface area contributed by atoms with Crippen molar-refractivity contribution in [2.75, 3.05) is 13.2 Å². The number of ether oxygens (including phenoxy) is 1. The average molecular weight is 611 g/mol. The molecule has 45 heavy (non-hydrogen) atoms. The van der Waals surface area contributed by atoms with Crippen LogP contribution in [0.1, 0.15) is 0 Å². The Bertz CT molecular complexity index is 1570. The fourth-order valence-electron chi connectivity index (χ4n) is 6.05. The van der Waals surface area contributed by atoms with Gasteiger partial charge in [0, 0.05) is 0 Å². The fourth-order valence-corrected chi connectivity index (χ4v) is 13.7. The number of hydrogen-bond acceptors (Lipinski definition) is 1. The second kappa shape index (κ2) is 14.5. The third-order valence-electron chi connectivity index (χ3n) is 8.14. The molecule has 0 aliphatic carbocycles. The molecule has 6 rings (SSSR count). The predicted octanol–water partition coefficient (Wildman–Crippen LogP) is 4.43. The van der Waals surface area contributed by atoms with E-state index in [0.29, 0.717) is 13.2 Å². The minimum atomic E-state index is -2.62. The van der Waals surface area contributed by atoms with Gasteiger partial charge >= 0.3 is 0 Å². The predicted molar refractivity (Wildman–Crippen MR) is 194 cm³/mol. The first-order valence-corrected chi connectivity index (χ1v) is 19.2. The van der Waals surface area contributed by atoms with Crippen molar-refractivity contribution in [1.82, 2.24) is 0 Å². The van der Waals surface area contributed by atoms with Crippen molar-refractivity contribution in [1.29, 1.82) is 0 Å². The summed E-state index contributed by atoms with van der Waals surface area (Å²) in [5, 5.41) is 7.58. The van der Waals surface area contributed by atoms with Gasteiger partial charge in [-0.1, -0.05) is 194 Å². The molecule has 0 bridgehead atoms. The van der Waals surface area contributed by atoms with E-state index in [1.807, 2.05) is 0 Å². The first-order valence-electron chi connectivity index (χ1n) is 15.2. The Morgan fingerprint density at radius 2 is 0.511 bits per heavy atom. The van der Waals surface area contributed by atoms with Gasteiger partial charge in [0.1, 0.15) is 13.2 Å². The van der Waals surface area contributed by atoms with Gasteiger partial charge in [-0.15, -0.1) is 11.1 Å². The standard InChI is InChI=1S/C42H34OSi2/c1-7-21-37(22-8-1)44(38-23-9-2-10-24-38,39-25-11-3-12-26-39)35-19-33-43-34-20-36-45(40-27-13-4-14-28-40,41-29-15-5-16-30-41)42-31-17-6-18-32-42/h1-18,21-32H,33-34H2. The van der Waals surface area contributed by atoms with E-state index in [1.165, 1.54) is 31.1 Å². The van der Waals surface area contributed by atoms with Crippen LogP contribution in [-0.4, -0.2) is 29.4 Å². The van der Waals surface area contributed by atoms with Gasteiger partial charge < -0.3 is 4.74 Å². The van der Waals surface area contributed by atoms with Crippen molar-refractivity contribution in [2.45, 2.75) is 0 Å². The van der Waals surface area contributed by atoms with Gasteiger partial charge in [-0.25, -0.2) is 0 Å². The summed E-state index contributed by atoms with van der Waals surface area (Å²) in [6.45, 7) is 0.624. The van der Waals surface area contributed by atoms with Gasteiger partial charge in [0.15, 0.2) is 0 Å². The van der Waals surface area contributed by atoms with Crippen molar-refractivity contribution >= 4 is 47.3 Å². The lowest BCUT2D eigenvalue weighted by atomic mass is 10.3. The van der Waals surface area contributed by atoms with E-state index < -0.39 is 16.1 Å². The molecule has 0 amide bonds. The van der Waals surface area contributed by atoms with Crippen LogP contribution in [0.3, 0.4) is 0 Å². The lowest BCUT2D eigenvalue weighted by Crippen LogP contribution is -2.66. The molecule has 3 heteroatoms. The van der Waals surface area contributed by atoms with Crippen LogP contribution < -0.4 is 31.1 Å². The lowest BCUT2D eigenvalue weighted by molar-refractivity contribution is 0.205. The number of benzene rings is 6. The summed E-state index contributed by atoms with van der Waals surface area (Å²) in [7, 11) is -5.25. The summed E-state index contributed by atoms with van der Waals surface area (Å²) < 4.78 is 6.14. The van der Waals surface area contributed by atoms with Crippen LogP contribution in [-0.2, 0) is 4.74 Å².